The Morgan fingerprint density at radius 2 is 0.571 bits per heavy atom. The topological polar surface area (TPSA) is 68.3 Å². The first-order valence-corrected chi connectivity index (χ1v) is 14.5. The molecule has 0 N–H and O–H groups in total. The molecule has 0 aliphatic heterocycles. The average Bonchev–Trinajstić information content (AvgIpc) is 3.02. The number of unbranched alkanes of at least 4 members (excludes halogenated alkanes) is 3. The van der Waals surface area contributed by atoms with Gasteiger partial charge in [-0.05, 0) is 91.6 Å². The van der Waals surface area contributed by atoms with E-state index in [1.165, 1.54) is 49.9 Å². The third-order valence-electron chi connectivity index (χ3n) is 8.12. The Kier molecular flexibility index (Phi) is 7.22. The molecule has 0 bridgehead atoms. The van der Waals surface area contributed by atoms with E-state index in [0.717, 1.165) is 43.1 Å². The normalized spacial score (nSPS) is 11.4. The van der Waals surface area contributed by atoms with Gasteiger partial charge in [-0.15, -0.1) is 0 Å². The van der Waals surface area contributed by atoms with Gasteiger partial charge in [0.05, 0.1) is 0 Å². The lowest BCUT2D eigenvalue weighted by Gasteiger charge is -2.11. The van der Waals surface area contributed by atoms with Gasteiger partial charge in [-0.1, -0.05) is 88.1 Å². The van der Waals surface area contributed by atoms with Crippen molar-refractivity contribution in [3.8, 4) is 0 Å². The van der Waals surface area contributed by atoms with E-state index in [1.807, 2.05) is 48.5 Å². The molecule has 4 nitrogen and oxygen atoms in total. The van der Waals surface area contributed by atoms with E-state index in [9.17, 15) is 19.2 Å². The van der Waals surface area contributed by atoms with Crippen LogP contribution >= 0.6 is 0 Å². The van der Waals surface area contributed by atoms with Crippen LogP contribution in [0.2, 0.25) is 0 Å². The van der Waals surface area contributed by atoms with Gasteiger partial charge in [0.25, 0.3) is 0 Å². The highest BCUT2D eigenvalue weighted by Gasteiger charge is 2.14. The van der Waals surface area contributed by atoms with E-state index in [2.05, 4.69) is 13.8 Å². The molecule has 206 valence electrons. The van der Waals surface area contributed by atoms with Crippen LogP contribution in [0.4, 0.5) is 0 Å². The zero-order valence-corrected chi connectivity index (χ0v) is 23.7. The van der Waals surface area contributed by atoms with E-state index in [1.54, 1.807) is 24.3 Å². The van der Waals surface area contributed by atoms with Crippen LogP contribution in [-0.4, -0.2) is 0 Å². The Bertz CT molecular complexity index is 2240. The molecule has 0 heterocycles. The first kappa shape index (κ1) is 27.2. The van der Waals surface area contributed by atoms with E-state index >= 15 is 0 Å². The minimum absolute atomic E-state index is 0.219. The van der Waals surface area contributed by atoms with Crippen molar-refractivity contribution in [1.29, 1.82) is 0 Å². The summed E-state index contributed by atoms with van der Waals surface area (Å²) in [4.78, 5) is 51.2. The van der Waals surface area contributed by atoms with Gasteiger partial charge in [-0.3, -0.25) is 19.2 Å². The maximum Gasteiger partial charge on any atom is 0.186 e. The third-order valence-corrected chi connectivity index (χ3v) is 8.12. The highest BCUT2D eigenvalue weighted by atomic mass is 16.1. The molecular weight excluding hydrogens is 520 g/mol. The fourth-order valence-electron chi connectivity index (χ4n) is 5.97. The van der Waals surface area contributed by atoms with Crippen LogP contribution in [0.15, 0.2) is 116 Å². The maximum atomic E-state index is 12.8. The van der Waals surface area contributed by atoms with Crippen molar-refractivity contribution in [2.75, 3.05) is 0 Å². The second-order valence-electron chi connectivity index (χ2n) is 10.8. The number of benzene rings is 6. The molecule has 0 aliphatic rings. The van der Waals surface area contributed by atoms with Crippen LogP contribution in [0.1, 0.15) is 39.5 Å². The highest BCUT2D eigenvalue weighted by molar-refractivity contribution is 6.28. The second kappa shape index (κ2) is 11.1. The summed E-state index contributed by atoms with van der Waals surface area (Å²) in [6, 6.07) is 28.2. The zero-order valence-electron chi connectivity index (χ0n) is 23.7. The molecule has 7 rings (SSSR count). The first-order chi connectivity index (χ1) is 20.4. The van der Waals surface area contributed by atoms with E-state index < -0.39 is 0 Å². The van der Waals surface area contributed by atoms with E-state index in [4.69, 9.17) is 0 Å². The number of rotatable bonds is 3. The summed E-state index contributed by atoms with van der Waals surface area (Å²) < 4.78 is 0. The molecule has 0 saturated carbocycles. The monoisotopic (exact) mass is 550 g/mol. The Morgan fingerprint density at radius 1 is 0.333 bits per heavy atom. The van der Waals surface area contributed by atoms with Crippen LogP contribution < -0.4 is 21.7 Å². The van der Waals surface area contributed by atoms with E-state index in [-0.39, 0.29) is 21.7 Å². The molecule has 0 aliphatic carbocycles. The largest absolute Gasteiger partial charge is 0.289 e. The number of fused-ring (bicyclic) bond motifs is 10. The first-order valence-electron chi connectivity index (χ1n) is 14.5. The molecule has 4 heteroatoms. The Labute approximate surface area is 241 Å². The van der Waals surface area contributed by atoms with Crippen LogP contribution in [-0.2, 0) is 0 Å². The van der Waals surface area contributed by atoms with Gasteiger partial charge in [0, 0.05) is 21.5 Å². The van der Waals surface area contributed by atoms with Crippen LogP contribution in [0.25, 0.3) is 64.6 Å². The summed E-state index contributed by atoms with van der Waals surface area (Å²) in [6.45, 7) is 4.46. The maximum absolute atomic E-state index is 12.8. The van der Waals surface area contributed by atoms with Crippen molar-refractivity contribution in [3.63, 3.8) is 0 Å². The summed E-state index contributed by atoms with van der Waals surface area (Å²) in [6.07, 6.45) is 5.54. The van der Waals surface area contributed by atoms with E-state index in [0.29, 0.717) is 21.5 Å². The highest BCUT2D eigenvalue weighted by Crippen LogP contribution is 2.37. The molecule has 0 unspecified atom stereocenters. The number of hydrogen-bond donors (Lipinski definition) is 0. The van der Waals surface area contributed by atoms with Crippen molar-refractivity contribution in [2.24, 2.45) is 0 Å². The molecule has 0 fully saturated rings. The number of hydrogen-bond acceptors (Lipinski definition) is 4. The average molecular weight is 551 g/mol. The predicted molar refractivity (Wildman–Crippen MR) is 178 cm³/mol. The fourth-order valence-corrected chi connectivity index (χ4v) is 5.97. The third kappa shape index (κ3) is 4.59. The summed E-state index contributed by atoms with van der Waals surface area (Å²) >= 11 is 0. The smallest absolute Gasteiger partial charge is 0.186 e. The summed E-state index contributed by atoms with van der Waals surface area (Å²) in [7, 11) is 0. The second-order valence-corrected chi connectivity index (χ2v) is 10.8. The van der Waals surface area contributed by atoms with Crippen LogP contribution in [0, 0.1) is 0 Å². The Hall–Kier alpha value is -4.96. The lowest BCUT2D eigenvalue weighted by atomic mass is 9.91. The minimum atomic E-state index is -0.239. The molecule has 0 aromatic heterocycles. The molecule has 0 spiro atoms. The summed E-state index contributed by atoms with van der Waals surface area (Å²) in [5, 5.41) is 8.23. The van der Waals surface area contributed by atoms with Gasteiger partial charge in [-0.25, -0.2) is 0 Å². The summed E-state index contributed by atoms with van der Waals surface area (Å²) in [5.74, 6) is 0. The fraction of sp³-hybridized carbons (Fsp3) is 0.158. The van der Waals surface area contributed by atoms with Gasteiger partial charge in [0.15, 0.2) is 21.7 Å². The lowest BCUT2D eigenvalue weighted by molar-refractivity contribution is 0.702. The molecule has 7 aromatic carbocycles. The predicted octanol–water partition coefficient (Wildman–Crippen LogP) is 8.07. The summed E-state index contributed by atoms with van der Waals surface area (Å²) in [5.41, 5.74) is -0.915. The SMILES string of the molecule is CCCCCC.O=c1ccc(=O)c2cc3c(cc12)c1ccccc1c1ccccc1c1cc2c(=O)ccc(=O)c2cc13. The lowest BCUT2D eigenvalue weighted by Crippen LogP contribution is -2.09. The van der Waals surface area contributed by atoms with Gasteiger partial charge in [-0.2, -0.15) is 0 Å². The zero-order chi connectivity index (χ0) is 29.4. The van der Waals surface area contributed by atoms with Gasteiger partial charge >= 0.3 is 0 Å². The Balaban J connectivity index is 0.000000479. The van der Waals surface area contributed by atoms with Crippen molar-refractivity contribution in [3.05, 3.63) is 138 Å². The van der Waals surface area contributed by atoms with Crippen molar-refractivity contribution in [1.82, 2.24) is 0 Å². The van der Waals surface area contributed by atoms with Crippen LogP contribution in [0.5, 0.6) is 0 Å². The molecule has 0 amide bonds. The molecule has 42 heavy (non-hydrogen) atoms. The van der Waals surface area contributed by atoms with Crippen LogP contribution in [0.3, 0.4) is 0 Å². The van der Waals surface area contributed by atoms with Crippen molar-refractivity contribution in [2.45, 2.75) is 39.5 Å². The van der Waals surface area contributed by atoms with Gasteiger partial charge < -0.3 is 0 Å². The van der Waals surface area contributed by atoms with Crippen molar-refractivity contribution >= 4 is 64.6 Å². The molecule has 7 aromatic rings. The quantitative estimate of drug-likeness (QED) is 0.209. The standard InChI is InChI=1S/C32H16O4.C6H14/c33-29-9-11-31(35)27-15-23-21(13-25(27)29)19-7-3-1-5-17(19)18-6-2-4-8-20(18)22-14-26-28(16-24(22)23)32(36)12-10-30(26)34;1-3-5-6-4-2/h1-16H;3-6H2,1-2H3. The molecule has 0 atom stereocenters. The van der Waals surface area contributed by atoms with Crippen molar-refractivity contribution < 1.29 is 0 Å². The van der Waals surface area contributed by atoms with Gasteiger partial charge in [0.2, 0.25) is 0 Å². The Morgan fingerprint density at radius 3 is 0.833 bits per heavy atom. The minimum Gasteiger partial charge on any atom is -0.289 e. The van der Waals surface area contributed by atoms with Gasteiger partial charge in [0.1, 0.15) is 0 Å². The molecule has 0 radical (unpaired) electrons. The molecular formula is C38H30O4. The molecule has 0 saturated heterocycles.